The molecule has 0 aromatic heterocycles. The van der Waals surface area contributed by atoms with Crippen LogP contribution >= 0.6 is 0 Å². The Morgan fingerprint density at radius 3 is 2.61 bits per heavy atom. The summed E-state index contributed by atoms with van der Waals surface area (Å²) in [5.41, 5.74) is 7.44. The fourth-order valence-electron chi connectivity index (χ4n) is 4.50. The van der Waals surface area contributed by atoms with Crippen molar-refractivity contribution in [1.29, 1.82) is 0 Å². The third kappa shape index (κ3) is 6.19. The lowest BCUT2D eigenvalue weighted by atomic mass is 9.99. The van der Waals surface area contributed by atoms with E-state index in [2.05, 4.69) is 5.32 Å². The third-order valence-corrected chi connectivity index (χ3v) is 8.44. The Bertz CT molecular complexity index is 1120. The van der Waals surface area contributed by atoms with Crippen molar-refractivity contribution in [3.63, 3.8) is 0 Å². The van der Waals surface area contributed by atoms with Gasteiger partial charge in [0.15, 0.2) is 6.29 Å². The molecule has 194 valence electrons. The van der Waals surface area contributed by atoms with Gasteiger partial charge >= 0.3 is 6.09 Å². The minimum Gasteiger partial charge on any atom is -0.497 e. The Morgan fingerprint density at radius 2 is 1.92 bits per heavy atom. The molecule has 36 heavy (non-hydrogen) atoms. The number of hydrogen-bond donors (Lipinski definition) is 2. The summed E-state index contributed by atoms with van der Waals surface area (Å²) >= 11 is 0. The highest BCUT2D eigenvalue weighted by atomic mass is 32.2. The van der Waals surface area contributed by atoms with Crippen molar-refractivity contribution < 1.29 is 32.2 Å². The second kappa shape index (κ2) is 11.6. The minimum absolute atomic E-state index is 0.0118. The molecule has 2 aromatic rings. The molecule has 5 atom stereocenters. The standard InChI is InChI=1S/C24H32BN3O7S/c1-32-17-7-9-18(10-8-17)36(30,31)28(25)14-20(26)21(13-16-5-3-2-4-6-16)27-24(29)35-22-15-34-23-19(22)11-12-33-23/h2-10,19-23H,11-15,25-26H2,1H3,(H,27,29)/t19-,20+,21-,22?,23+/m0/s1. The van der Waals surface area contributed by atoms with Crippen LogP contribution in [0.4, 0.5) is 4.79 Å². The fourth-order valence-corrected chi connectivity index (χ4v) is 5.71. The molecule has 2 aliphatic rings. The number of amides is 1. The number of rotatable bonds is 10. The summed E-state index contributed by atoms with van der Waals surface area (Å²) in [7, 11) is -0.820. The van der Waals surface area contributed by atoms with Gasteiger partial charge in [0.05, 0.1) is 37.2 Å². The van der Waals surface area contributed by atoms with Crippen LogP contribution in [0.3, 0.4) is 0 Å². The predicted octanol–water partition coefficient (Wildman–Crippen LogP) is 0.660. The molecule has 2 aromatic carbocycles. The van der Waals surface area contributed by atoms with E-state index in [9.17, 15) is 13.2 Å². The molecular weight excluding hydrogens is 485 g/mol. The van der Waals surface area contributed by atoms with Gasteiger partial charge in [0, 0.05) is 12.6 Å². The van der Waals surface area contributed by atoms with Crippen molar-refractivity contribution in [1.82, 2.24) is 9.53 Å². The number of alkyl carbamates (subject to hydrolysis) is 1. The van der Waals surface area contributed by atoms with Crippen molar-refractivity contribution in [3.8, 4) is 5.75 Å². The molecule has 2 aliphatic heterocycles. The summed E-state index contributed by atoms with van der Waals surface area (Å²) in [4.78, 5) is 13.0. The highest BCUT2D eigenvalue weighted by Gasteiger charge is 2.44. The Hall–Kier alpha value is -2.64. The van der Waals surface area contributed by atoms with Gasteiger partial charge in [-0.25, -0.2) is 17.4 Å². The molecule has 0 aliphatic carbocycles. The van der Waals surface area contributed by atoms with Gasteiger partial charge in [0.1, 0.15) is 11.9 Å². The largest absolute Gasteiger partial charge is 0.497 e. The molecule has 0 radical (unpaired) electrons. The Morgan fingerprint density at radius 1 is 1.19 bits per heavy atom. The maximum Gasteiger partial charge on any atom is 0.407 e. The fraction of sp³-hybridized carbons (Fsp3) is 0.458. The van der Waals surface area contributed by atoms with E-state index in [0.717, 1.165) is 12.0 Å². The number of sulfonamides is 1. The molecule has 0 saturated carbocycles. The van der Waals surface area contributed by atoms with Crippen LogP contribution in [0.5, 0.6) is 5.75 Å². The Labute approximate surface area is 212 Å². The second-order valence-electron chi connectivity index (χ2n) is 9.03. The van der Waals surface area contributed by atoms with Gasteiger partial charge in [-0.1, -0.05) is 30.3 Å². The molecule has 2 heterocycles. The molecule has 4 rings (SSSR count). The number of fused-ring (bicyclic) bond motifs is 1. The molecule has 0 spiro atoms. The first-order valence-corrected chi connectivity index (χ1v) is 13.3. The van der Waals surface area contributed by atoms with E-state index < -0.39 is 34.3 Å². The van der Waals surface area contributed by atoms with Crippen molar-refractivity contribution in [2.24, 2.45) is 11.7 Å². The molecular formula is C24H32BN3O7S. The van der Waals surface area contributed by atoms with Crippen LogP contribution in [0.25, 0.3) is 0 Å². The molecule has 2 fully saturated rings. The van der Waals surface area contributed by atoms with E-state index in [1.54, 1.807) is 12.1 Å². The van der Waals surface area contributed by atoms with E-state index in [0.29, 0.717) is 18.8 Å². The number of ether oxygens (including phenoxy) is 4. The van der Waals surface area contributed by atoms with Crippen LogP contribution < -0.4 is 15.8 Å². The Kier molecular flexibility index (Phi) is 8.52. The Balaban J connectivity index is 1.43. The predicted molar refractivity (Wildman–Crippen MR) is 135 cm³/mol. The van der Waals surface area contributed by atoms with Crippen molar-refractivity contribution in [3.05, 3.63) is 60.2 Å². The van der Waals surface area contributed by atoms with Gasteiger partial charge in [-0.15, -0.1) is 0 Å². The monoisotopic (exact) mass is 517 g/mol. The second-order valence-corrected chi connectivity index (χ2v) is 11.1. The molecule has 0 bridgehead atoms. The normalized spacial score (nSPS) is 23.1. The molecule has 3 N–H and O–H groups in total. The summed E-state index contributed by atoms with van der Waals surface area (Å²) in [6.07, 6.45) is -0.174. The van der Waals surface area contributed by atoms with Gasteiger partial charge in [-0.3, -0.25) is 0 Å². The quantitative estimate of drug-likeness (QED) is 0.440. The van der Waals surface area contributed by atoms with E-state index in [1.807, 2.05) is 30.3 Å². The summed E-state index contributed by atoms with van der Waals surface area (Å²) in [6.45, 7) is 0.839. The number of benzene rings is 2. The highest BCUT2D eigenvalue weighted by Crippen LogP contribution is 2.33. The maximum atomic E-state index is 13.1. The van der Waals surface area contributed by atoms with Gasteiger partial charge < -0.3 is 30.0 Å². The molecule has 2 saturated heterocycles. The van der Waals surface area contributed by atoms with Crippen LogP contribution in [0.2, 0.25) is 0 Å². The molecule has 1 unspecified atom stereocenters. The van der Waals surface area contributed by atoms with E-state index in [4.69, 9.17) is 24.7 Å². The molecule has 1 amide bonds. The maximum absolute atomic E-state index is 13.1. The van der Waals surface area contributed by atoms with Crippen molar-refractivity contribution >= 4 is 24.1 Å². The summed E-state index contributed by atoms with van der Waals surface area (Å²) in [6, 6.07) is 14.4. The number of nitrogens with zero attached hydrogens (tertiary/aromatic N) is 1. The van der Waals surface area contributed by atoms with Gasteiger partial charge in [-0.05, 0) is 42.7 Å². The number of hydrogen-bond acceptors (Lipinski definition) is 8. The SMILES string of the molecule is BN(C[C@@H](N)[C@H](Cc1ccccc1)NC(=O)OC1CO[C@H]2OCC[C@@H]12)S(=O)(=O)c1ccc(OC)cc1. The first-order valence-electron chi connectivity index (χ1n) is 11.9. The van der Waals surface area contributed by atoms with Gasteiger partial charge in [0.25, 0.3) is 0 Å². The number of nitrogens with one attached hydrogen (secondary N) is 1. The van der Waals surface area contributed by atoms with Crippen LogP contribution in [0.15, 0.2) is 59.5 Å². The summed E-state index contributed by atoms with van der Waals surface area (Å²) in [5, 5.41) is 2.86. The minimum atomic E-state index is -3.80. The first-order chi connectivity index (χ1) is 17.3. The van der Waals surface area contributed by atoms with E-state index in [-0.39, 0.29) is 30.3 Å². The van der Waals surface area contributed by atoms with Crippen LogP contribution in [0.1, 0.15) is 12.0 Å². The zero-order valence-corrected chi connectivity index (χ0v) is 21.2. The van der Waals surface area contributed by atoms with E-state index in [1.165, 1.54) is 31.4 Å². The van der Waals surface area contributed by atoms with Crippen LogP contribution in [-0.4, -0.2) is 78.1 Å². The van der Waals surface area contributed by atoms with E-state index >= 15 is 0 Å². The zero-order chi connectivity index (χ0) is 25.7. The summed E-state index contributed by atoms with van der Waals surface area (Å²) in [5.74, 6) is 0.569. The molecule has 10 nitrogen and oxygen atoms in total. The summed E-state index contributed by atoms with van der Waals surface area (Å²) < 4.78 is 49.2. The smallest absolute Gasteiger partial charge is 0.407 e. The average molecular weight is 517 g/mol. The van der Waals surface area contributed by atoms with Crippen molar-refractivity contribution in [2.45, 2.75) is 42.2 Å². The van der Waals surface area contributed by atoms with Crippen LogP contribution in [0, 0.1) is 5.92 Å². The number of carbonyl (C=O) groups excluding carboxylic acids is 1. The number of methoxy groups -OCH3 is 1. The molecule has 12 heteroatoms. The van der Waals surface area contributed by atoms with Gasteiger partial charge in [0.2, 0.25) is 18.0 Å². The lowest BCUT2D eigenvalue weighted by molar-refractivity contribution is -0.0907. The lowest BCUT2D eigenvalue weighted by Gasteiger charge is -2.29. The van der Waals surface area contributed by atoms with Crippen LogP contribution in [-0.2, 0) is 30.7 Å². The number of nitrogens with two attached hydrogens (primary N) is 1. The van der Waals surface area contributed by atoms with Crippen molar-refractivity contribution in [2.75, 3.05) is 26.9 Å². The van der Waals surface area contributed by atoms with Gasteiger partial charge in [-0.2, -0.15) is 0 Å². The first kappa shape index (κ1) is 26.4. The average Bonchev–Trinajstić information content (AvgIpc) is 3.49. The third-order valence-electron chi connectivity index (χ3n) is 6.60. The highest BCUT2D eigenvalue weighted by molar-refractivity contribution is 7.90. The lowest BCUT2D eigenvalue weighted by Crippen LogP contribution is -2.54. The topological polar surface area (TPSA) is 129 Å². The zero-order valence-electron chi connectivity index (χ0n) is 20.4. The number of carbonyl (C=O) groups is 1.